The number of aliphatic carboxylic acids is 1. The zero-order valence-electron chi connectivity index (χ0n) is 11.6. The Morgan fingerprint density at radius 3 is 2.14 bits per heavy atom. The second kappa shape index (κ2) is 7.64. The van der Waals surface area contributed by atoms with Gasteiger partial charge in [0.05, 0.1) is 5.56 Å². The minimum atomic E-state index is -1.21. The van der Waals surface area contributed by atoms with Gasteiger partial charge in [0, 0.05) is 0 Å². The molecule has 0 aliphatic carbocycles. The Kier molecular flexibility index (Phi) is 5.31. The van der Waals surface area contributed by atoms with Crippen LogP contribution >= 0.6 is 0 Å². The van der Waals surface area contributed by atoms with Gasteiger partial charge in [0.15, 0.2) is 0 Å². The molecule has 0 spiro atoms. The molecule has 112 valence electrons. The van der Waals surface area contributed by atoms with Crippen LogP contribution in [0.5, 0.6) is 5.75 Å². The first-order valence-corrected chi connectivity index (χ1v) is 6.53. The van der Waals surface area contributed by atoms with Crippen LogP contribution in [0.4, 0.5) is 0 Å². The SMILES string of the molecule is O=C(O)C(=COC(=O)c1ccccc1)COc1ccccc1. The van der Waals surface area contributed by atoms with Crippen LogP contribution < -0.4 is 4.74 Å². The monoisotopic (exact) mass is 298 g/mol. The lowest BCUT2D eigenvalue weighted by Crippen LogP contribution is -2.12. The van der Waals surface area contributed by atoms with E-state index in [0.29, 0.717) is 11.3 Å². The lowest BCUT2D eigenvalue weighted by Gasteiger charge is -2.06. The van der Waals surface area contributed by atoms with Gasteiger partial charge in [-0.2, -0.15) is 0 Å². The first-order chi connectivity index (χ1) is 10.7. The van der Waals surface area contributed by atoms with Gasteiger partial charge in [0.1, 0.15) is 24.2 Å². The zero-order valence-corrected chi connectivity index (χ0v) is 11.6. The van der Waals surface area contributed by atoms with Crippen molar-refractivity contribution in [1.29, 1.82) is 0 Å². The van der Waals surface area contributed by atoms with E-state index in [-0.39, 0.29) is 12.2 Å². The van der Waals surface area contributed by atoms with Crippen molar-refractivity contribution in [3.8, 4) is 5.75 Å². The number of benzene rings is 2. The average Bonchev–Trinajstić information content (AvgIpc) is 2.56. The molecule has 0 saturated carbocycles. The topological polar surface area (TPSA) is 72.8 Å². The van der Waals surface area contributed by atoms with Gasteiger partial charge in [-0.1, -0.05) is 36.4 Å². The van der Waals surface area contributed by atoms with E-state index in [4.69, 9.17) is 14.6 Å². The summed E-state index contributed by atoms with van der Waals surface area (Å²) < 4.78 is 10.2. The molecule has 0 unspecified atom stereocenters. The average molecular weight is 298 g/mol. The summed E-state index contributed by atoms with van der Waals surface area (Å²) in [6.07, 6.45) is 0.903. The zero-order chi connectivity index (χ0) is 15.8. The summed E-state index contributed by atoms with van der Waals surface area (Å²) in [5, 5.41) is 9.10. The molecule has 0 radical (unpaired) electrons. The number of esters is 1. The molecular formula is C17H14O5. The molecule has 0 bridgehead atoms. The minimum absolute atomic E-state index is 0.159. The molecular weight excluding hydrogens is 284 g/mol. The highest BCUT2D eigenvalue weighted by Crippen LogP contribution is 2.10. The maximum atomic E-state index is 11.7. The number of carboxylic acid groups (broad SMARTS) is 1. The van der Waals surface area contributed by atoms with Crippen molar-refractivity contribution in [1.82, 2.24) is 0 Å². The molecule has 22 heavy (non-hydrogen) atoms. The first-order valence-electron chi connectivity index (χ1n) is 6.53. The van der Waals surface area contributed by atoms with Gasteiger partial charge in [-0.25, -0.2) is 9.59 Å². The smallest absolute Gasteiger partial charge is 0.342 e. The number of carbonyl (C=O) groups excluding carboxylic acids is 1. The largest absolute Gasteiger partial charge is 0.489 e. The van der Waals surface area contributed by atoms with E-state index < -0.39 is 11.9 Å². The van der Waals surface area contributed by atoms with Gasteiger partial charge >= 0.3 is 11.9 Å². The number of hydrogen-bond donors (Lipinski definition) is 1. The van der Waals surface area contributed by atoms with Crippen molar-refractivity contribution >= 4 is 11.9 Å². The number of ether oxygens (including phenoxy) is 2. The van der Waals surface area contributed by atoms with Gasteiger partial charge < -0.3 is 14.6 Å². The fourth-order valence-electron chi connectivity index (χ4n) is 1.59. The van der Waals surface area contributed by atoms with Gasteiger partial charge in [-0.05, 0) is 24.3 Å². The van der Waals surface area contributed by atoms with Crippen molar-refractivity contribution in [2.75, 3.05) is 6.61 Å². The summed E-state index contributed by atoms with van der Waals surface area (Å²) in [5.74, 6) is -1.31. The summed E-state index contributed by atoms with van der Waals surface area (Å²) in [5.41, 5.74) is 0.181. The highest BCUT2D eigenvalue weighted by Gasteiger charge is 2.11. The second-order valence-electron chi connectivity index (χ2n) is 4.32. The Morgan fingerprint density at radius 2 is 1.55 bits per heavy atom. The summed E-state index contributed by atoms with van der Waals surface area (Å²) in [4.78, 5) is 22.9. The van der Waals surface area contributed by atoms with E-state index in [0.717, 1.165) is 6.26 Å². The fraction of sp³-hybridized carbons (Fsp3) is 0.0588. The molecule has 0 atom stereocenters. The van der Waals surface area contributed by atoms with Crippen LogP contribution in [0.2, 0.25) is 0 Å². The van der Waals surface area contributed by atoms with Crippen molar-refractivity contribution < 1.29 is 24.2 Å². The van der Waals surface area contributed by atoms with Crippen LogP contribution in [0, 0.1) is 0 Å². The lowest BCUT2D eigenvalue weighted by molar-refractivity contribution is -0.133. The minimum Gasteiger partial charge on any atom is -0.489 e. The molecule has 1 N–H and O–H groups in total. The Hall–Kier alpha value is -3.08. The van der Waals surface area contributed by atoms with Crippen molar-refractivity contribution in [2.24, 2.45) is 0 Å². The van der Waals surface area contributed by atoms with Crippen molar-refractivity contribution in [3.63, 3.8) is 0 Å². The summed E-state index contributed by atoms with van der Waals surface area (Å²) in [7, 11) is 0. The van der Waals surface area contributed by atoms with Crippen molar-refractivity contribution in [3.05, 3.63) is 78.1 Å². The Balaban J connectivity index is 1.98. The van der Waals surface area contributed by atoms with E-state index in [1.54, 1.807) is 54.6 Å². The molecule has 2 rings (SSSR count). The third kappa shape index (κ3) is 4.49. The van der Waals surface area contributed by atoms with Gasteiger partial charge in [-0.3, -0.25) is 0 Å². The van der Waals surface area contributed by atoms with Gasteiger partial charge in [-0.15, -0.1) is 0 Å². The molecule has 5 nitrogen and oxygen atoms in total. The van der Waals surface area contributed by atoms with E-state index in [2.05, 4.69) is 0 Å². The second-order valence-corrected chi connectivity index (χ2v) is 4.32. The van der Waals surface area contributed by atoms with E-state index in [1.165, 1.54) is 0 Å². The highest BCUT2D eigenvalue weighted by molar-refractivity contribution is 5.91. The van der Waals surface area contributed by atoms with Crippen LogP contribution in [0.25, 0.3) is 0 Å². The number of hydrogen-bond acceptors (Lipinski definition) is 4. The standard InChI is InChI=1S/C17H14O5/c18-16(19)14(11-21-15-9-5-2-6-10-15)12-22-17(20)13-7-3-1-4-8-13/h1-10,12H,11H2,(H,18,19). The quantitative estimate of drug-likeness (QED) is 0.504. The van der Waals surface area contributed by atoms with E-state index in [1.807, 2.05) is 6.07 Å². The summed E-state index contributed by atoms with van der Waals surface area (Å²) in [6, 6.07) is 17.1. The van der Waals surface area contributed by atoms with Gasteiger partial charge in [0.2, 0.25) is 0 Å². The molecule has 0 amide bonds. The molecule has 2 aromatic rings. The van der Waals surface area contributed by atoms with Crippen LogP contribution in [-0.2, 0) is 9.53 Å². The number of para-hydroxylation sites is 1. The number of carbonyl (C=O) groups is 2. The molecule has 0 heterocycles. The highest BCUT2D eigenvalue weighted by atomic mass is 16.5. The lowest BCUT2D eigenvalue weighted by atomic mass is 10.2. The van der Waals surface area contributed by atoms with Crippen LogP contribution in [0.1, 0.15) is 10.4 Å². The summed E-state index contributed by atoms with van der Waals surface area (Å²) in [6.45, 7) is -0.207. The maximum absolute atomic E-state index is 11.7. The summed E-state index contributed by atoms with van der Waals surface area (Å²) >= 11 is 0. The molecule has 0 aliphatic heterocycles. The fourth-order valence-corrected chi connectivity index (χ4v) is 1.59. The van der Waals surface area contributed by atoms with Crippen molar-refractivity contribution in [2.45, 2.75) is 0 Å². The Morgan fingerprint density at radius 1 is 0.955 bits per heavy atom. The van der Waals surface area contributed by atoms with Crippen LogP contribution in [0.3, 0.4) is 0 Å². The van der Waals surface area contributed by atoms with E-state index in [9.17, 15) is 9.59 Å². The molecule has 0 fully saturated rings. The predicted molar refractivity (Wildman–Crippen MR) is 79.5 cm³/mol. The van der Waals surface area contributed by atoms with Crippen LogP contribution in [0.15, 0.2) is 72.5 Å². The maximum Gasteiger partial charge on any atom is 0.342 e. The third-order valence-corrected chi connectivity index (χ3v) is 2.73. The van der Waals surface area contributed by atoms with E-state index >= 15 is 0 Å². The van der Waals surface area contributed by atoms with Gasteiger partial charge in [0.25, 0.3) is 0 Å². The number of carboxylic acids is 1. The molecule has 0 aromatic heterocycles. The first kappa shape index (κ1) is 15.3. The molecule has 0 saturated heterocycles. The Bertz CT molecular complexity index is 662. The molecule has 0 aliphatic rings. The van der Waals surface area contributed by atoms with Crippen LogP contribution in [-0.4, -0.2) is 23.7 Å². The predicted octanol–water partition coefficient (Wildman–Crippen LogP) is 2.89. The number of rotatable bonds is 6. The third-order valence-electron chi connectivity index (χ3n) is 2.73. The molecule has 2 aromatic carbocycles. The normalized spacial score (nSPS) is 10.8. The molecule has 5 heteroatoms. The Labute approximate surface area is 127 Å².